The Morgan fingerprint density at radius 3 is 2.41 bits per heavy atom. The molecule has 2 heterocycles. The van der Waals surface area contributed by atoms with Gasteiger partial charge in [-0.25, -0.2) is 4.98 Å². The Balaban J connectivity index is 1.54. The number of benzene rings is 1. The first-order chi connectivity index (χ1) is 12.9. The number of aromatic nitrogens is 2. The molecule has 1 aliphatic rings. The van der Waals surface area contributed by atoms with Crippen molar-refractivity contribution in [1.29, 1.82) is 0 Å². The van der Waals surface area contributed by atoms with Gasteiger partial charge in [0.05, 0.1) is 6.10 Å². The molecule has 1 aromatic carbocycles. The maximum absolute atomic E-state index is 12.8. The SMILES string of the molecule is CC(C)Oc1ccc(C(=O)N2CCC(Cn3ccnc3C(C)C)CC2)cc1. The molecule has 5 nitrogen and oxygen atoms in total. The topological polar surface area (TPSA) is 47.4 Å². The van der Waals surface area contributed by atoms with Crippen molar-refractivity contribution in [2.45, 2.75) is 59.1 Å². The number of likely N-dealkylation sites (tertiary alicyclic amines) is 1. The Morgan fingerprint density at radius 1 is 1.15 bits per heavy atom. The van der Waals surface area contributed by atoms with Crippen LogP contribution in [-0.4, -0.2) is 39.6 Å². The largest absolute Gasteiger partial charge is 0.491 e. The summed E-state index contributed by atoms with van der Waals surface area (Å²) in [6, 6.07) is 7.50. The van der Waals surface area contributed by atoms with Crippen LogP contribution in [0.25, 0.3) is 0 Å². The summed E-state index contributed by atoms with van der Waals surface area (Å²) in [5.41, 5.74) is 0.737. The number of rotatable bonds is 6. The quantitative estimate of drug-likeness (QED) is 0.761. The Labute approximate surface area is 162 Å². The molecular formula is C22H31N3O2. The maximum Gasteiger partial charge on any atom is 0.253 e. The summed E-state index contributed by atoms with van der Waals surface area (Å²) in [6.07, 6.45) is 6.18. The molecule has 1 saturated heterocycles. The van der Waals surface area contributed by atoms with E-state index in [0.29, 0.717) is 11.8 Å². The predicted molar refractivity (Wildman–Crippen MR) is 107 cm³/mol. The van der Waals surface area contributed by atoms with Gasteiger partial charge in [0.2, 0.25) is 0 Å². The van der Waals surface area contributed by atoms with Crippen LogP contribution in [-0.2, 0) is 6.54 Å². The summed E-state index contributed by atoms with van der Waals surface area (Å²) in [6.45, 7) is 11.0. The molecule has 0 aliphatic carbocycles. The second-order valence-electron chi connectivity index (χ2n) is 8.02. The molecule has 1 fully saturated rings. The molecule has 1 amide bonds. The highest BCUT2D eigenvalue weighted by atomic mass is 16.5. The van der Waals surface area contributed by atoms with E-state index in [4.69, 9.17) is 4.74 Å². The van der Waals surface area contributed by atoms with E-state index in [9.17, 15) is 4.79 Å². The van der Waals surface area contributed by atoms with E-state index in [2.05, 4.69) is 29.6 Å². The number of hydrogen-bond donors (Lipinski definition) is 0. The fraction of sp³-hybridized carbons (Fsp3) is 0.545. The normalized spacial score (nSPS) is 15.6. The highest BCUT2D eigenvalue weighted by molar-refractivity contribution is 5.94. The Morgan fingerprint density at radius 2 is 1.81 bits per heavy atom. The van der Waals surface area contributed by atoms with Gasteiger partial charge in [-0.3, -0.25) is 4.79 Å². The summed E-state index contributed by atoms with van der Waals surface area (Å²) in [5.74, 6) is 3.11. The number of carbonyl (C=O) groups is 1. The Hall–Kier alpha value is -2.30. The molecule has 5 heteroatoms. The van der Waals surface area contributed by atoms with Crippen LogP contribution in [0.1, 0.15) is 62.6 Å². The van der Waals surface area contributed by atoms with Gasteiger partial charge in [-0.2, -0.15) is 0 Å². The molecule has 0 unspecified atom stereocenters. The van der Waals surface area contributed by atoms with E-state index in [0.717, 1.165) is 49.6 Å². The van der Waals surface area contributed by atoms with E-state index < -0.39 is 0 Å². The third-order valence-corrected chi connectivity index (χ3v) is 5.09. The number of carbonyl (C=O) groups excluding carboxylic acids is 1. The van der Waals surface area contributed by atoms with E-state index in [1.807, 2.05) is 49.2 Å². The van der Waals surface area contributed by atoms with E-state index in [1.165, 1.54) is 0 Å². The average Bonchev–Trinajstić information content (AvgIpc) is 3.10. The third-order valence-electron chi connectivity index (χ3n) is 5.09. The van der Waals surface area contributed by atoms with Gasteiger partial charge < -0.3 is 14.2 Å². The molecule has 0 spiro atoms. The summed E-state index contributed by atoms with van der Waals surface area (Å²) in [5, 5.41) is 0. The zero-order chi connectivity index (χ0) is 19.4. The third kappa shape index (κ3) is 4.90. The summed E-state index contributed by atoms with van der Waals surface area (Å²) >= 11 is 0. The number of hydrogen-bond acceptors (Lipinski definition) is 3. The van der Waals surface area contributed by atoms with Gasteiger partial charge in [-0.15, -0.1) is 0 Å². The lowest BCUT2D eigenvalue weighted by Gasteiger charge is -2.32. The lowest BCUT2D eigenvalue weighted by molar-refractivity contribution is 0.0682. The van der Waals surface area contributed by atoms with Crippen LogP contribution >= 0.6 is 0 Å². The van der Waals surface area contributed by atoms with Gasteiger partial charge in [-0.1, -0.05) is 13.8 Å². The van der Waals surface area contributed by atoms with Crippen molar-refractivity contribution in [2.24, 2.45) is 5.92 Å². The maximum atomic E-state index is 12.8. The minimum Gasteiger partial charge on any atom is -0.491 e. The molecule has 0 atom stereocenters. The molecule has 0 saturated carbocycles. The Kier molecular flexibility index (Phi) is 6.19. The van der Waals surface area contributed by atoms with Crippen LogP contribution in [0.3, 0.4) is 0 Å². The zero-order valence-electron chi connectivity index (χ0n) is 16.9. The molecular weight excluding hydrogens is 338 g/mol. The van der Waals surface area contributed by atoms with Gasteiger partial charge in [0.1, 0.15) is 11.6 Å². The van der Waals surface area contributed by atoms with Gasteiger partial charge in [0.25, 0.3) is 5.91 Å². The molecule has 1 aliphatic heterocycles. The molecule has 0 radical (unpaired) electrons. The van der Waals surface area contributed by atoms with Crippen molar-refractivity contribution < 1.29 is 9.53 Å². The molecule has 0 bridgehead atoms. The zero-order valence-corrected chi connectivity index (χ0v) is 16.9. The molecule has 1 aromatic heterocycles. The summed E-state index contributed by atoms with van der Waals surface area (Å²) in [4.78, 5) is 19.2. The van der Waals surface area contributed by atoms with Crippen LogP contribution in [0.15, 0.2) is 36.7 Å². The lowest BCUT2D eigenvalue weighted by atomic mass is 9.96. The van der Waals surface area contributed by atoms with Crippen LogP contribution in [0.4, 0.5) is 0 Å². The fourth-order valence-corrected chi connectivity index (χ4v) is 3.70. The fourth-order valence-electron chi connectivity index (χ4n) is 3.70. The summed E-state index contributed by atoms with van der Waals surface area (Å²) in [7, 11) is 0. The number of nitrogens with zero attached hydrogens (tertiary/aromatic N) is 3. The Bertz CT molecular complexity index is 741. The van der Waals surface area contributed by atoms with Crippen molar-refractivity contribution in [1.82, 2.24) is 14.5 Å². The van der Waals surface area contributed by atoms with Crippen LogP contribution in [0, 0.1) is 5.92 Å². The molecule has 3 rings (SSSR count). The van der Waals surface area contributed by atoms with Crippen molar-refractivity contribution >= 4 is 5.91 Å². The van der Waals surface area contributed by atoms with Crippen molar-refractivity contribution in [3.05, 3.63) is 48.0 Å². The number of ether oxygens (including phenoxy) is 1. The first kappa shape index (κ1) is 19.5. The summed E-state index contributed by atoms with van der Waals surface area (Å²) < 4.78 is 7.93. The van der Waals surface area contributed by atoms with Crippen LogP contribution in [0.2, 0.25) is 0 Å². The molecule has 2 aromatic rings. The van der Waals surface area contributed by atoms with Crippen LogP contribution < -0.4 is 4.74 Å². The smallest absolute Gasteiger partial charge is 0.253 e. The van der Waals surface area contributed by atoms with Gasteiger partial charge in [-0.05, 0) is 56.9 Å². The average molecular weight is 370 g/mol. The second-order valence-corrected chi connectivity index (χ2v) is 8.02. The van der Waals surface area contributed by atoms with E-state index in [-0.39, 0.29) is 12.0 Å². The minimum absolute atomic E-state index is 0.120. The minimum atomic E-state index is 0.120. The highest BCUT2D eigenvalue weighted by Gasteiger charge is 2.24. The van der Waals surface area contributed by atoms with Crippen molar-refractivity contribution in [3.8, 4) is 5.75 Å². The number of imidazole rings is 1. The second kappa shape index (κ2) is 8.59. The monoisotopic (exact) mass is 369 g/mol. The van der Waals surface area contributed by atoms with E-state index >= 15 is 0 Å². The van der Waals surface area contributed by atoms with Crippen molar-refractivity contribution in [2.75, 3.05) is 13.1 Å². The standard InChI is InChI=1S/C22H31N3O2/c1-16(2)21-23-11-14-25(21)15-18-9-12-24(13-10-18)22(26)19-5-7-20(8-6-19)27-17(3)4/h5-8,11,14,16-18H,9-10,12-13,15H2,1-4H3. The number of piperidine rings is 1. The van der Waals surface area contributed by atoms with Crippen molar-refractivity contribution in [3.63, 3.8) is 0 Å². The lowest BCUT2D eigenvalue weighted by Crippen LogP contribution is -2.39. The number of amides is 1. The highest BCUT2D eigenvalue weighted by Crippen LogP contribution is 2.23. The molecule has 146 valence electrons. The molecule has 0 N–H and O–H groups in total. The van der Waals surface area contributed by atoms with Crippen LogP contribution in [0.5, 0.6) is 5.75 Å². The first-order valence-electron chi connectivity index (χ1n) is 10.0. The first-order valence-corrected chi connectivity index (χ1v) is 10.0. The van der Waals surface area contributed by atoms with Gasteiger partial charge >= 0.3 is 0 Å². The predicted octanol–water partition coefficient (Wildman–Crippen LogP) is 4.35. The molecule has 27 heavy (non-hydrogen) atoms. The van der Waals surface area contributed by atoms with E-state index in [1.54, 1.807) is 0 Å². The van der Waals surface area contributed by atoms with Gasteiger partial charge in [0, 0.05) is 43.5 Å². The van der Waals surface area contributed by atoms with Gasteiger partial charge in [0.15, 0.2) is 0 Å².